The number of hydrogen-bond donors (Lipinski definition) is 2. The van der Waals surface area contributed by atoms with Gasteiger partial charge in [-0.3, -0.25) is 9.80 Å². The smallest absolute Gasteiger partial charge is 0.159 e. The first-order chi connectivity index (χ1) is 20.0. The van der Waals surface area contributed by atoms with Crippen molar-refractivity contribution >= 4 is 57.1 Å². The number of thioether (sulfide) groups is 2. The fourth-order valence-electron chi connectivity index (χ4n) is 4.67. The summed E-state index contributed by atoms with van der Waals surface area (Å²) in [6, 6.07) is 22.9. The summed E-state index contributed by atoms with van der Waals surface area (Å²) in [5, 5.41) is 10.7. The van der Waals surface area contributed by atoms with Gasteiger partial charge in [0.2, 0.25) is 0 Å². The van der Waals surface area contributed by atoms with E-state index in [1.807, 2.05) is 36.4 Å². The fraction of sp³-hybridized carbons (Fsp3) is 0.355. The van der Waals surface area contributed by atoms with Crippen LogP contribution in [-0.2, 0) is 24.3 Å². The SMILES string of the molecule is Cc1ccc(CSC2=NCN(CCc3ccccc3Cl)CN2)c(CSC2=NCN(CCc3ccccc3Cl)CN2)c1. The van der Waals surface area contributed by atoms with Gasteiger partial charge in [-0.25, -0.2) is 9.98 Å². The molecule has 10 heteroatoms. The summed E-state index contributed by atoms with van der Waals surface area (Å²) < 4.78 is 0. The van der Waals surface area contributed by atoms with Gasteiger partial charge in [0.25, 0.3) is 0 Å². The molecule has 41 heavy (non-hydrogen) atoms. The van der Waals surface area contributed by atoms with E-state index >= 15 is 0 Å². The van der Waals surface area contributed by atoms with Crippen LogP contribution in [0, 0.1) is 6.92 Å². The summed E-state index contributed by atoms with van der Waals surface area (Å²) in [6.07, 6.45) is 1.84. The third-order valence-corrected chi connectivity index (χ3v) is 9.88. The summed E-state index contributed by atoms with van der Waals surface area (Å²) in [7, 11) is 0. The van der Waals surface area contributed by atoms with Gasteiger partial charge in [-0.1, -0.05) is 107 Å². The first-order valence-corrected chi connectivity index (χ1v) is 16.6. The van der Waals surface area contributed by atoms with E-state index < -0.39 is 0 Å². The second-order valence-corrected chi connectivity index (χ2v) is 12.9. The van der Waals surface area contributed by atoms with Gasteiger partial charge in [-0.15, -0.1) is 0 Å². The highest BCUT2D eigenvalue weighted by Crippen LogP contribution is 2.25. The number of halogens is 2. The third-order valence-electron chi connectivity index (χ3n) is 7.14. The lowest BCUT2D eigenvalue weighted by atomic mass is 10.1. The minimum Gasteiger partial charge on any atom is -0.352 e. The summed E-state index contributed by atoms with van der Waals surface area (Å²) >= 11 is 16.2. The van der Waals surface area contributed by atoms with E-state index in [9.17, 15) is 0 Å². The number of aryl methyl sites for hydroxylation is 1. The highest BCUT2D eigenvalue weighted by molar-refractivity contribution is 8.13. The maximum Gasteiger partial charge on any atom is 0.159 e. The Morgan fingerprint density at radius 3 is 1.68 bits per heavy atom. The predicted molar refractivity (Wildman–Crippen MR) is 178 cm³/mol. The zero-order chi connectivity index (χ0) is 28.4. The predicted octanol–water partition coefficient (Wildman–Crippen LogP) is 6.61. The Labute approximate surface area is 262 Å². The fourth-order valence-corrected chi connectivity index (χ4v) is 6.90. The Kier molecular flexibility index (Phi) is 11.3. The highest BCUT2D eigenvalue weighted by atomic mass is 35.5. The lowest BCUT2D eigenvalue weighted by Gasteiger charge is -2.27. The third kappa shape index (κ3) is 9.14. The van der Waals surface area contributed by atoms with Crippen molar-refractivity contribution in [2.24, 2.45) is 9.98 Å². The minimum absolute atomic E-state index is 0.706. The molecule has 2 aliphatic heterocycles. The van der Waals surface area contributed by atoms with Crippen LogP contribution in [0.25, 0.3) is 0 Å². The van der Waals surface area contributed by atoms with Gasteiger partial charge >= 0.3 is 0 Å². The molecule has 6 nitrogen and oxygen atoms in total. The lowest BCUT2D eigenvalue weighted by Crippen LogP contribution is -2.42. The Morgan fingerprint density at radius 2 is 1.20 bits per heavy atom. The van der Waals surface area contributed by atoms with Crippen molar-refractivity contribution in [1.82, 2.24) is 20.4 Å². The molecule has 5 rings (SSSR count). The van der Waals surface area contributed by atoms with Crippen LogP contribution in [0.1, 0.15) is 27.8 Å². The maximum atomic E-state index is 6.31. The van der Waals surface area contributed by atoms with Crippen LogP contribution in [0.2, 0.25) is 10.0 Å². The van der Waals surface area contributed by atoms with Crippen LogP contribution in [0.5, 0.6) is 0 Å². The molecule has 2 aliphatic rings. The number of hydrogen-bond acceptors (Lipinski definition) is 8. The van der Waals surface area contributed by atoms with Crippen molar-refractivity contribution in [3.63, 3.8) is 0 Å². The average Bonchev–Trinajstić information content (AvgIpc) is 3.00. The number of aliphatic imine (C=N–C) groups is 2. The van der Waals surface area contributed by atoms with Crippen LogP contribution < -0.4 is 10.6 Å². The molecule has 0 unspecified atom stereocenters. The average molecular weight is 628 g/mol. The molecule has 0 amide bonds. The second-order valence-electron chi connectivity index (χ2n) is 10.2. The number of amidine groups is 2. The Hall–Kier alpha value is -2.20. The first kappa shape index (κ1) is 30.3. The molecule has 2 N–H and O–H groups in total. The van der Waals surface area contributed by atoms with E-state index in [0.717, 1.165) is 71.2 Å². The van der Waals surface area contributed by atoms with Gasteiger partial charge in [0.15, 0.2) is 10.3 Å². The Morgan fingerprint density at radius 1 is 0.683 bits per heavy atom. The van der Waals surface area contributed by atoms with E-state index in [-0.39, 0.29) is 0 Å². The van der Waals surface area contributed by atoms with Crippen molar-refractivity contribution in [3.8, 4) is 0 Å². The number of nitrogens with zero attached hydrogens (tertiary/aromatic N) is 4. The van der Waals surface area contributed by atoms with Crippen molar-refractivity contribution in [3.05, 3.63) is 105 Å². The molecular formula is C31H36Cl2N6S2. The molecular weight excluding hydrogens is 591 g/mol. The summed E-state index contributed by atoms with van der Waals surface area (Å²) in [5.74, 6) is 1.77. The van der Waals surface area contributed by atoms with Crippen molar-refractivity contribution in [2.45, 2.75) is 31.3 Å². The van der Waals surface area contributed by atoms with Crippen molar-refractivity contribution in [2.75, 3.05) is 39.8 Å². The van der Waals surface area contributed by atoms with E-state index in [1.54, 1.807) is 23.5 Å². The van der Waals surface area contributed by atoms with Gasteiger partial charge in [0.1, 0.15) is 0 Å². The summed E-state index contributed by atoms with van der Waals surface area (Å²) in [6.45, 7) is 7.02. The first-order valence-electron chi connectivity index (χ1n) is 13.9. The number of benzene rings is 3. The molecule has 0 bridgehead atoms. The van der Waals surface area contributed by atoms with Crippen LogP contribution in [-0.4, -0.2) is 59.9 Å². The second kappa shape index (κ2) is 15.3. The Bertz CT molecular complexity index is 1380. The monoisotopic (exact) mass is 626 g/mol. The van der Waals surface area contributed by atoms with Crippen LogP contribution in [0.3, 0.4) is 0 Å². The molecule has 0 aromatic heterocycles. The van der Waals surface area contributed by atoms with Crippen molar-refractivity contribution < 1.29 is 0 Å². The maximum absolute atomic E-state index is 6.31. The lowest BCUT2D eigenvalue weighted by molar-refractivity contribution is 0.270. The molecule has 0 fully saturated rings. The van der Waals surface area contributed by atoms with E-state index in [1.165, 1.54) is 27.8 Å². The molecule has 0 saturated carbocycles. The molecule has 3 aromatic carbocycles. The van der Waals surface area contributed by atoms with Crippen LogP contribution >= 0.6 is 46.7 Å². The topological polar surface area (TPSA) is 55.3 Å². The standard InChI is InChI=1S/C31H36Cl2N6S2/c1-23-10-11-26(17-40-30-34-19-38(20-35-30)14-12-24-6-2-4-8-28(24)32)27(16-23)18-41-31-36-21-39(22-37-31)15-13-25-7-3-5-9-29(25)33/h2-11,16H,12-15,17-22H2,1H3,(H,34,35)(H,36,37). The number of rotatable bonds is 10. The van der Waals surface area contributed by atoms with Gasteiger partial charge in [0, 0.05) is 34.6 Å². The molecule has 0 aliphatic carbocycles. The van der Waals surface area contributed by atoms with E-state index in [2.05, 4.69) is 57.7 Å². The molecule has 216 valence electrons. The normalized spacial score (nSPS) is 16.1. The molecule has 0 saturated heterocycles. The van der Waals surface area contributed by atoms with Crippen LogP contribution in [0.4, 0.5) is 0 Å². The van der Waals surface area contributed by atoms with E-state index in [0.29, 0.717) is 13.3 Å². The number of nitrogens with one attached hydrogen (secondary N) is 2. The summed E-state index contributed by atoms with van der Waals surface area (Å²) in [4.78, 5) is 14.2. The van der Waals surface area contributed by atoms with Gasteiger partial charge in [-0.2, -0.15) is 0 Å². The van der Waals surface area contributed by atoms with Gasteiger partial charge < -0.3 is 10.6 Å². The molecule has 0 atom stereocenters. The largest absolute Gasteiger partial charge is 0.352 e. The minimum atomic E-state index is 0.706. The zero-order valence-corrected chi connectivity index (χ0v) is 26.4. The van der Waals surface area contributed by atoms with E-state index in [4.69, 9.17) is 33.2 Å². The molecule has 3 aromatic rings. The molecule has 0 spiro atoms. The molecule has 0 radical (unpaired) electrons. The summed E-state index contributed by atoms with van der Waals surface area (Å²) in [5.41, 5.74) is 6.34. The van der Waals surface area contributed by atoms with Crippen LogP contribution in [0.15, 0.2) is 76.7 Å². The van der Waals surface area contributed by atoms with Gasteiger partial charge in [0.05, 0.1) is 26.7 Å². The molecule has 2 heterocycles. The van der Waals surface area contributed by atoms with Gasteiger partial charge in [-0.05, 0) is 54.2 Å². The quantitative estimate of drug-likeness (QED) is 0.264. The highest BCUT2D eigenvalue weighted by Gasteiger charge is 2.16. The zero-order valence-electron chi connectivity index (χ0n) is 23.3. The van der Waals surface area contributed by atoms with Crippen molar-refractivity contribution in [1.29, 1.82) is 0 Å². The Balaban J connectivity index is 1.07.